The first-order valence-electron chi connectivity index (χ1n) is 6.15. The largest absolute Gasteiger partial charge is 0.294 e. The second-order valence-corrected chi connectivity index (χ2v) is 6.05. The van der Waals surface area contributed by atoms with E-state index in [-0.39, 0.29) is 5.41 Å². The molecule has 1 fully saturated rings. The summed E-state index contributed by atoms with van der Waals surface area (Å²) in [5, 5.41) is 1.05. The molecule has 0 atom stereocenters. The number of hydrogen-bond donors (Lipinski definition) is 0. The van der Waals surface area contributed by atoms with Crippen LogP contribution in [0, 0.1) is 5.41 Å². The minimum atomic E-state index is -0.0792. The fourth-order valence-electron chi connectivity index (χ4n) is 3.31. The zero-order chi connectivity index (χ0) is 12.0. The minimum Gasteiger partial charge on any atom is -0.294 e. The van der Waals surface area contributed by atoms with Crippen molar-refractivity contribution in [1.82, 2.24) is 0 Å². The average Bonchev–Trinajstić information content (AvgIpc) is 2.77. The summed E-state index contributed by atoms with van der Waals surface area (Å²) < 4.78 is 0. The Morgan fingerprint density at radius 1 is 1.00 bits per heavy atom. The third kappa shape index (κ3) is 1.71. The molecule has 3 rings (SSSR count). The Kier molecular flexibility index (Phi) is 2.72. The van der Waals surface area contributed by atoms with E-state index in [9.17, 15) is 4.79 Å². The van der Waals surface area contributed by atoms with E-state index in [2.05, 4.69) is 0 Å². The van der Waals surface area contributed by atoms with Gasteiger partial charge in [-0.3, -0.25) is 4.79 Å². The van der Waals surface area contributed by atoms with E-state index < -0.39 is 0 Å². The van der Waals surface area contributed by atoms with Crippen LogP contribution in [0.5, 0.6) is 0 Å². The Morgan fingerprint density at radius 2 is 1.65 bits per heavy atom. The predicted molar refractivity (Wildman–Crippen MR) is 70.0 cm³/mol. The minimum absolute atomic E-state index is 0.0792. The number of Topliss-reactive ketones (excluding diaryl/α,β-unsaturated/α-hetero) is 1. The fourth-order valence-corrected chi connectivity index (χ4v) is 3.66. The molecule has 1 spiro atoms. The molecule has 1 aromatic rings. The Balaban J connectivity index is 2.08. The van der Waals surface area contributed by atoms with Crippen molar-refractivity contribution in [1.29, 1.82) is 0 Å². The zero-order valence-corrected chi connectivity index (χ0v) is 11.1. The molecule has 1 aromatic carbocycles. The molecule has 0 amide bonds. The highest BCUT2D eigenvalue weighted by Gasteiger charge is 2.44. The Labute approximate surface area is 111 Å². The first-order valence-corrected chi connectivity index (χ1v) is 6.91. The highest BCUT2D eigenvalue weighted by atomic mass is 35.5. The van der Waals surface area contributed by atoms with Gasteiger partial charge >= 0.3 is 0 Å². The summed E-state index contributed by atoms with van der Waals surface area (Å²) in [4.78, 5) is 12.6. The van der Waals surface area contributed by atoms with Gasteiger partial charge in [0.25, 0.3) is 0 Å². The van der Waals surface area contributed by atoms with Gasteiger partial charge in [-0.1, -0.05) is 36.0 Å². The first-order chi connectivity index (χ1) is 8.12. The molecule has 0 aliphatic heterocycles. The molecule has 0 radical (unpaired) electrons. The van der Waals surface area contributed by atoms with Crippen molar-refractivity contribution < 1.29 is 4.79 Å². The lowest BCUT2D eigenvalue weighted by Gasteiger charge is -2.33. The third-order valence-corrected chi connectivity index (χ3v) is 5.03. The maximum Gasteiger partial charge on any atom is 0.169 e. The van der Waals surface area contributed by atoms with Gasteiger partial charge in [-0.15, -0.1) is 0 Å². The molecule has 1 nitrogen and oxygen atoms in total. The molecule has 3 heteroatoms. The summed E-state index contributed by atoms with van der Waals surface area (Å²) in [6, 6.07) is 3.62. The van der Waals surface area contributed by atoms with E-state index >= 15 is 0 Å². The molecule has 2 aliphatic rings. The highest BCUT2D eigenvalue weighted by Crippen LogP contribution is 2.48. The standard InChI is InChI=1S/C14H14Cl2O/c15-11-7-9-3-6-14(4-1-2-5-14)13(17)10(9)8-12(11)16/h7-8H,1-6H2. The molecule has 17 heavy (non-hydrogen) atoms. The molecule has 0 aromatic heterocycles. The SMILES string of the molecule is O=C1c2cc(Cl)c(Cl)cc2CCC12CCCC2. The monoisotopic (exact) mass is 268 g/mol. The molecule has 0 N–H and O–H groups in total. The van der Waals surface area contributed by atoms with Gasteiger partial charge in [0.2, 0.25) is 0 Å². The van der Waals surface area contributed by atoms with Gasteiger partial charge in [0.1, 0.15) is 0 Å². The van der Waals surface area contributed by atoms with E-state index in [0.29, 0.717) is 15.8 Å². The molecule has 1 saturated carbocycles. The Hall–Kier alpha value is -0.530. The van der Waals surface area contributed by atoms with Gasteiger partial charge in [0.15, 0.2) is 5.78 Å². The summed E-state index contributed by atoms with van der Waals surface area (Å²) in [7, 11) is 0. The second kappa shape index (κ2) is 4.00. The number of carbonyl (C=O) groups is 1. The lowest BCUT2D eigenvalue weighted by atomic mass is 9.69. The molecule has 0 unspecified atom stereocenters. The highest BCUT2D eigenvalue weighted by molar-refractivity contribution is 6.42. The maximum absolute atomic E-state index is 12.6. The maximum atomic E-state index is 12.6. The molecular weight excluding hydrogens is 255 g/mol. The summed E-state index contributed by atoms with van der Waals surface area (Å²) in [5.41, 5.74) is 1.80. The van der Waals surface area contributed by atoms with Crippen LogP contribution in [0.2, 0.25) is 10.0 Å². The summed E-state index contributed by atoms with van der Waals surface area (Å²) >= 11 is 12.0. The van der Waals surface area contributed by atoms with Crippen LogP contribution in [-0.2, 0) is 6.42 Å². The van der Waals surface area contributed by atoms with Crippen LogP contribution >= 0.6 is 23.2 Å². The van der Waals surface area contributed by atoms with Crippen molar-refractivity contribution in [2.45, 2.75) is 38.5 Å². The lowest BCUT2D eigenvalue weighted by Crippen LogP contribution is -2.33. The molecule has 2 aliphatic carbocycles. The molecule has 0 saturated heterocycles. The number of benzene rings is 1. The van der Waals surface area contributed by atoms with E-state index in [0.717, 1.165) is 36.8 Å². The van der Waals surface area contributed by atoms with Crippen molar-refractivity contribution in [3.63, 3.8) is 0 Å². The van der Waals surface area contributed by atoms with Crippen LogP contribution < -0.4 is 0 Å². The number of carbonyl (C=O) groups excluding carboxylic acids is 1. The Morgan fingerprint density at radius 3 is 2.35 bits per heavy atom. The number of halogens is 2. The van der Waals surface area contributed by atoms with Crippen LogP contribution in [0.3, 0.4) is 0 Å². The predicted octanol–water partition coefficient (Wildman–Crippen LogP) is 4.68. The van der Waals surface area contributed by atoms with Crippen LogP contribution in [0.25, 0.3) is 0 Å². The topological polar surface area (TPSA) is 17.1 Å². The van der Waals surface area contributed by atoms with E-state index in [1.165, 1.54) is 12.8 Å². The normalized spacial score (nSPS) is 21.9. The van der Waals surface area contributed by atoms with Crippen molar-refractivity contribution >= 4 is 29.0 Å². The number of fused-ring (bicyclic) bond motifs is 1. The van der Waals surface area contributed by atoms with Crippen LogP contribution in [-0.4, -0.2) is 5.78 Å². The molecular formula is C14H14Cl2O. The van der Waals surface area contributed by atoms with Gasteiger partial charge in [0.05, 0.1) is 10.0 Å². The van der Waals surface area contributed by atoms with Gasteiger partial charge in [0, 0.05) is 11.0 Å². The number of ketones is 1. The van der Waals surface area contributed by atoms with Crippen molar-refractivity contribution in [2.24, 2.45) is 5.41 Å². The van der Waals surface area contributed by atoms with Crippen molar-refractivity contribution in [2.75, 3.05) is 0 Å². The van der Waals surface area contributed by atoms with Gasteiger partial charge in [-0.05, 0) is 43.4 Å². The number of rotatable bonds is 0. The van der Waals surface area contributed by atoms with E-state index in [1.54, 1.807) is 6.07 Å². The quantitative estimate of drug-likeness (QED) is 0.668. The van der Waals surface area contributed by atoms with Crippen LogP contribution in [0.1, 0.15) is 48.0 Å². The summed E-state index contributed by atoms with van der Waals surface area (Å²) in [6.07, 6.45) is 6.40. The van der Waals surface area contributed by atoms with Crippen molar-refractivity contribution in [3.8, 4) is 0 Å². The van der Waals surface area contributed by atoms with Crippen LogP contribution in [0.4, 0.5) is 0 Å². The first kappa shape index (κ1) is 11.6. The van der Waals surface area contributed by atoms with Crippen LogP contribution in [0.15, 0.2) is 12.1 Å². The lowest BCUT2D eigenvalue weighted by molar-refractivity contribution is 0.0765. The zero-order valence-electron chi connectivity index (χ0n) is 9.56. The number of hydrogen-bond acceptors (Lipinski definition) is 1. The van der Waals surface area contributed by atoms with E-state index in [1.807, 2.05) is 6.07 Å². The molecule has 0 bridgehead atoms. The van der Waals surface area contributed by atoms with Gasteiger partial charge < -0.3 is 0 Å². The van der Waals surface area contributed by atoms with Crippen molar-refractivity contribution in [3.05, 3.63) is 33.3 Å². The van der Waals surface area contributed by atoms with Gasteiger partial charge in [-0.25, -0.2) is 0 Å². The second-order valence-electron chi connectivity index (χ2n) is 5.24. The number of aryl methyl sites for hydroxylation is 1. The fraction of sp³-hybridized carbons (Fsp3) is 0.500. The van der Waals surface area contributed by atoms with Gasteiger partial charge in [-0.2, -0.15) is 0 Å². The summed E-state index contributed by atoms with van der Waals surface area (Å²) in [6.45, 7) is 0. The van der Waals surface area contributed by atoms with E-state index in [4.69, 9.17) is 23.2 Å². The molecule has 90 valence electrons. The smallest absolute Gasteiger partial charge is 0.169 e. The Bertz CT molecular complexity index is 487. The third-order valence-electron chi connectivity index (χ3n) is 4.31. The average molecular weight is 269 g/mol. The summed E-state index contributed by atoms with van der Waals surface area (Å²) in [5.74, 6) is 0.301. The molecule has 0 heterocycles.